The molecule has 0 aliphatic heterocycles. The lowest BCUT2D eigenvalue weighted by molar-refractivity contribution is 0.978. The molecule has 0 aliphatic carbocycles. The molecule has 0 aliphatic rings. The van der Waals surface area contributed by atoms with Gasteiger partial charge >= 0.3 is 4.87 Å². The maximum atomic E-state index is 10.9. The van der Waals surface area contributed by atoms with Gasteiger partial charge in [-0.3, -0.25) is 4.79 Å². The maximum Gasteiger partial charge on any atom is 0.304 e. The van der Waals surface area contributed by atoms with Gasteiger partial charge in [0.05, 0.1) is 6.54 Å². The monoisotopic (exact) mass is 236 g/mol. The molecular formula is C10H12N4OS. The van der Waals surface area contributed by atoms with E-state index in [4.69, 9.17) is 0 Å². The number of thiazole rings is 1. The fourth-order valence-corrected chi connectivity index (χ4v) is 1.98. The molecule has 0 aromatic carbocycles. The lowest BCUT2D eigenvalue weighted by atomic mass is 10.4. The molecule has 84 valence electrons. The van der Waals surface area contributed by atoms with Crippen molar-refractivity contribution < 1.29 is 0 Å². The van der Waals surface area contributed by atoms with E-state index in [1.165, 1.54) is 0 Å². The van der Waals surface area contributed by atoms with Crippen LogP contribution >= 0.6 is 11.3 Å². The third kappa shape index (κ3) is 2.66. The maximum absolute atomic E-state index is 10.9. The smallest absolute Gasteiger partial charge is 0.304 e. The van der Waals surface area contributed by atoms with Gasteiger partial charge in [-0.1, -0.05) is 11.3 Å². The van der Waals surface area contributed by atoms with E-state index in [1.807, 2.05) is 19.9 Å². The molecule has 5 nitrogen and oxygen atoms in total. The minimum Gasteiger partial charge on any atom is -0.364 e. The summed E-state index contributed by atoms with van der Waals surface area (Å²) in [5, 5.41) is 4.94. The normalized spacial score (nSPS) is 10.4. The number of aryl methyl sites for hydroxylation is 2. The summed E-state index contributed by atoms with van der Waals surface area (Å²) in [6, 6.07) is 1.87. The molecule has 6 heteroatoms. The van der Waals surface area contributed by atoms with Crippen molar-refractivity contribution >= 4 is 17.2 Å². The van der Waals surface area contributed by atoms with E-state index in [2.05, 4.69) is 20.3 Å². The van der Waals surface area contributed by atoms with Crippen LogP contribution in [0.3, 0.4) is 0 Å². The SMILES string of the molecule is Cc1cc(NCc2csc(=O)[nH]2)nc(C)n1. The molecule has 0 amide bonds. The zero-order valence-corrected chi connectivity index (χ0v) is 9.89. The Morgan fingerprint density at radius 2 is 2.25 bits per heavy atom. The Balaban J connectivity index is 2.07. The van der Waals surface area contributed by atoms with Crippen molar-refractivity contribution in [3.8, 4) is 0 Å². The van der Waals surface area contributed by atoms with E-state index in [1.54, 1.807) is 5.38 Å². The van der Waals surface area contributed by atoms with Crippen LogP contribution in [0.5, 0.6) is 0 Å². The van der Waals surface area contributed by atoms with Crippen LogP contribution in [-0.4, -0.2) is 15.0 Å². The summed E-state index contributed by atoms with van der Waals surface area (Å²) in [7, 11) is 0. The lowest BCUT2D eigenvalue weighted by Gasteiger charge is -2.05. The average Bonchev–Trinajstić information content (AvgIpc) is 2.60. The molecule has 0 saturated carbocycles. The lowest BCUT2D eigenvalue weighted by Crippen LogP contribution is -2.05. The fourth-order valence-electron chi connectivity index (χ4n) is 1.39. The molecule has 0 unspecified atom stereocenters. The van der Waals surface area contributed by atoms with Crippen LogP contribution in [0.15, 0.2) is 16.2 Å². The molecule has 0 atom stereocenters. The second-order valence-electron chi connectivity index (χ2n) is 3.47. The van der Waals surface area contributed by atoms with Gasteiger partial charge in [-0.25, -0.2) is 9.97 Å². The molecule has 16 heavy (non-hydrogen) atoms. The minimum atomic E-state index is -0.0353. The molecule has 0 radical (unpaired) electrons. The Morgan fingerprint density at radius 3 is 2.88 bits per heavy atom. The molecule has 2 N–H and O–H groups in total. The molecule has 0 bridgehead atoms. The zero-order chi connectivity index (χ0) is 11.5. The Hall–Kier alpha value is -1.69. The number of rotatable bonds is 3. The first-order chi connectivity index (χ1) is 7.63. The van der Waals surface area contributed by atoms with E-state index in [0.717, 1.165) is 34.4 Å². The van der Waals surface area contributed by atoms with Gasteiger partial charge in [0.2, 0.25) is 0 Å². The first kappa shape index (κ1) is 10.8. The van der Waals surface area contributed by atoms with Crippen LogP contribution < -0.4 is 10.2 Å². The first-order valence-corrected chi connectivity index (χ1v) is 5.74. The van der Waals surface area contributed by atoms with Crippen molar-refractivity contribution in [3.63, 3.8) is 0 Å². The molecule has 2 aromatic heterocycles. The molecule has 2 aromatic rings. The third-order valence-electron chi connectivity index (χ3n) is 2.00. The highest BCUT2D eigenvalue weighted by Crippen LogP contribution is 2.07. The standard InChI is InChI=1S/C10H12N4OS/c1-6-3-9(13-7(2)12-6)11-4-8-5-16-10(15)14-8/h3,5H,4H2,1-2H3,(H,14,15)(H,11,12,13). The van der Waals surface area contributed by atoms with Gasteiger partial charge in [-0.05, 0) is 13.8 Å². The summed E-state index contributed by atoms with van der Waals surface area (Å²) >= 11 is 1.16. The molecule has 2 rings (SSSR count). The summed E-state index contributed by atoms with van der Waals surface area (Å²) in [6.45, 7) is 4.34. The number of nitrogens with one attached hydrogen (secondary N) is 2. The zero-order valence-electron chi connectivity index (χ0n) is 9.07. The topological polar surface area (TPSA) is 70.7 Å². The number of aromatic amines is 1. The summed E-state index contributed by atoms with van der Waals surface area (Å²) in [5.41, 5.74) is 1.79. The van der Waals surface area contributed by atoms with Crippen LogP contribution in [0.2, 0.25) is 0 Å². The highest BCUT2D eigenvalue weighted by molar-refractivity contribution is 7.07. The van der Waals surface area contributed by atoms with E-state index >= 15 is 0 Å². The van der Waals surface area contributed by atoms with E-state index in [-0.39, 0.29) is 4.87 Å². The van der Waals surface area contributed by atoms with Gasteiger partial charge in [0, 0.05) is 22.8 Å². The molecule has 0 fully saturated rings. The predicted octanol–water partition coefficient (Wildman–Crippen LogP) is 1.46. The van der Waals surface area contributed by atoms with E-state index in [9.17, 15) is 4.79 Å². The molecule has 0 saturated heterocycles. The number of anilines is 1. The van der Waals surface area contributed by atoms with Crippen molar-refractivity contribution in [2.75, 3.05) is 5.32 Å². The highest BCUT2D eigenvalue weighted by Gasteiger charge is 2.00. The number of hydrogen-bond donors (Lipinski definition) is 2. The number of hydrogen-bond acceptors (Lipinski definition) is 5. The minimum absolute atomic E-state index is 0.0353. The van der Waals surface area contributed by atoms with Gasteiger partial charge < -0.3 is 10.3 Å². The molecule has 0 spiro atoms. The van der Waals surface area contributed by atoms with E-state index in [0.29, 0.717) is 6.54 Å². The summed E-state index contributed by atoms with van der Waals surface area (Å²) < 4.78 is 0. The predicted molar refractivity (Wildman–Crippen MR) is 63.8 cm³/mol. The fraction of sp³-hybridized carbons (Fsp3) is 0.300. The second kappa shape index (κ2) is 4.44. The van der Waals surface area contributed by atoms with E-state index < -0.39 is 0 Å². The Kier molecular flexibility index (Phi) is 3.00. The van der Waals surface area contributed by atoms with Crippen molar-refractivity contribution in [2.45, 2.75) is 20.4 Å². The van der Waals surface area contributed by atoms with Gasteiger partial charge in [-0.2, -0.15) is 0 Å². The van der Waals surface area contributed by atoms with Gasteiger partial charge in [0.1, 0.15) is 11.6 Å². The average molecular weight is 236 g/mol. The Labute approximate surface area is 96.6 Å². The third-order valence-corrected chi connectivity index (χ3v) is 2.72. The second-order valence-corrected chi connectivity index (χ2v) is 4.31. The quantitative estimate of drug-likeness (QED) is 0.846. The Morgan fingerprint density at radius 1 is 1.44 bits per heavy atom. The number of aromatic nitrogens is 3. The van der Waals surface area contributed by atoms with Crippen molar-refractivity contribution in [3.05, 3.63) is 38.3 Å². The van der Waals surface area contributed by atoms with Gasteiger partial charge in [0.25, 0.3) is 0 Å². The number of nitrogens with zero attached hydrogens (tertiary/aromatic N) is 2. The highest BCUT2D eigenvalue weighted by atomic mass is 32.1. The molecular weight excluding hydrogens is 224 g/mol. The summed E-state index contributed by atoms with van der Waals surface area (Å²) in [5.74, 6) is 1.51. The van der Waals surface area contributed by atoms with Crippen LogP contribution in [0.25, 0.3) is 0 Å². The largest absolute Gasteiger partial charge is 0.364 e. The molecule has 2 heterocycles. The van der Waals surface area contributed by atoms with Crippen molar-refractivity contribution in [1.29, 1.82) is 0 Å². The van der Waals surface area contributed by atoms with Crippen LogP contribution in [0.4, 0.5) is 5.82 Å². The Bertz CT molecular complexity index is 525. The summed E-state index contributed by atoms with van der Waals surface area (Å²) in [6.07, 6.45) is 0. The van der Waals surface area contributed by atoms with Crippen LogP contribution in [0, 0.1) is 13.8 Å². The van der Waals surface area contributed by atoms with Crippen LogP contribution in [0.1, 0.15) is 17.2 Å². The summed E-state index contributed by atoms with van der Waals surface area (Å²) in [4.78, 5) is 22.0. The van der Waals surface area contributed by atoms with Crippen molar-refractivity contribution in [2.24, 2.45) is 0 Å². The van der Waals surface area contributed by atoms with Gasteiger partial charge in [0.15, 0.2) is 0 Å². The van der Waals surface area contributed by atoms with Crippen LogP contribution in [-0.2, 0) is 6.54 Å². The first-order valence-electron chi connectivity index (χ1n) is 4.86. The number of H-pyrrole nitrogens is 1. The van der Waals surface area contributed by atoms with Crippen molar-refractivity contribution in [1.82, 2.24) is 15.0 Å². The van der Waals surface area contributed by atoms with Gasteiger partial charge in [-0.15, -0.1) is 0 Å².